The van der Waals surface area contributed by atoms with E-state index in [4.69, 9.17) is 10.5 Å². The molecule has 1 aromatic carbocycles. The molecule has 178 valence electrons. The van der Waals surface area contributed by atoms with Gasteiger partial charge in [-0.3, -0.25) is 14.5 Å². The van der Waals surface area contributed by atoms with Crippen LogP contribution < -0.4 is 16.0 Å². The summed E-state index contributed by atoms with van der Waals surface area (Å²) in [5.41, 5.74) is 4.65. The van der Waals surface area contributed by atoms with Gasteiger partial charge in [0.2, 0.25) is 5.91 Å². The first-order chi connectivity index (χ1) is 15.1. The van der Waals surface area contributed by atoms with E-state index >= 15 is 0 Å². The highest BCUT2D eigenvalue weighted by Crippen LogP contribution is 2.38. The van der Waals surface area contributed by atoms with Gasteiger partial charge in [-0.25, -0.2) is 0 Å². The summed E-state index contributed by atoms with van der Waals surface area (Å²) in [6.45, 7) is 5.64. The Morgan fingerprint density at radius 3 is 2.62 bits per heavy atom. The minimum absolute atomic E-state index is 0.00693. The molecule has 0 unspecified atom stereocenters. The number of rotatable bonds is 9. The van der Waals surface area contributed by atoms with Crippen LogP contribution in [0.1, 0.15) is 32.3 Å². The normalized spacial score (nSPS) is 18.4. The van der Waals surface area contributed by atoms with Gasteiger partial charge in [0.1, 0.15) is 12.6 Å². The molecule has 32 heavy (non-hydrogen) atoms. The van der Waals surface area contributed by atoms with Crippen LogP contribution in [0.25, 0.3) is 0 Å². The molecular weight excluding hydrogens is 425 g/mol. The molecule has 0 bridgehead atoms. The first kappa shape index (κ1) is 24.5. The molecule has 1 aliphatic heterocycles. The molecule has 2 fully saturated rings. The van der Waals surface area contributed by atoms with Gasteiger partial charge in [0, 0.05) is 31.9 Å². The van der Waals surface area contributed by atoms with Crippen molar-refractivity contribution in [2.75, 3.05) is 49.6 Å². The van der Waals surface area contributed by atoms with Gasteiger partial charge in [0.05, 0.1) is 17.9 Å². The van der Waals surface area contributed by atoms with Gasteiger partial charge < -0.3 is 20.7 Å². The number of amides is 2. The Morgan fingerprint density at radius 2 is 2.06 bits per heavy atom. The number of hydrogen-bond acceptors (Lipinski definition) is 5. The summed E-state index contributed by atoms with van der Waals surface area (Å²) in [7, 11) is 0. The number of nitrogens with two attached hydrogens (primary N) is 1. The highest BCUT2D eigenvalue weighted by molar-refractivity contribution is 5.98. The van der Waals surface area contributed by atoms with Gasteiger partial charge in [-0.15, -0.1) is 0 Å². The average Bonchev–Trinajstić information content (AvgIpc) is 3.52. The summed E-state index contributed by atoms with van der Waals surface area (Å²) in [6.07, 6.45) is -2.53. The Labute approximate surface area is 186 Å². The molecule has 1 atom stereocenters. The van der Waals surface area contributed by atoms with Crippen LogP contribution in [0.5, 0.6) is 0 Å². The molecule has 1 saturated carbocycles. The smallest absolute Gasteiger partial charge is 0.370 e. The van der Waals surface area contributed by atoms with Crippen molar-refractivity contribution in [3.8, 4) is 0 Å². The molecule has 3 N–H and O–H groups in total. The number of carbonyl (C=O) groups is 2. The van der Waals surface area contributed by atoms with Crippen molar-refractivity contribution in [2.45, 2.75) is 38.9 Å². The predicted octanol–water partition coefficient (Wildman–Crippen LogP) is 2.70. The zero-order chi connectivity index (χ0) is 23.5. The summed E-state index contributed by atoms with van der Waals surface area (Å²) in [5.74, 6) is -0.179. The van der Waals surface area contributed by atoms with Crippen molar-refractivity contribution in [1.82, 2.24) is 4.90 Å². The van der Waals surface area contributed by atoms with Crippen LogP contribution in [0.3, 0.4) is 0 Å². The lowest BCUT2D eigenvalue weighted by molar-refractivity contribution is -0.137. The van der Waals surface area contributed by atoms with E-state index in [9.17, 15) is 22.8 Å². The highest BCUT2D eigenvalue weighted by atomic mass is 19.4. The minimum Gasteiger partial charge on any atom is -0.370 e. The quantitative estimate of drug-likeness (QED) is 0.597. The van der Waals surface area contributed by atoms with Gasteiger partial charge in [-0.05, 0) is 42.9 Å². The van der Waals surface area contributed by atoms with Crippen LogP contribution in [-0.2, 0) is 20.5 Å². The number of carbonyl (C=O) groups excluding carboxylic acids is 2. The second kappa shape index (κ2) is 10.2. The number of benzene rings is 1. The molecule has 7 nitrogen and oxygen atoms in total. The van der Waals surface area contributed by atoms with E-state index in [0.29, 0.717) is 19.0 Å². The Hall–Kier alpha value is -2.17. The fourth-order valence-corrected chi connectivity index (χ4v) is 3.90. The van der Waals surface area contributed by atoms with E-state index < -0.39 is 29.6 Å². The molecule has 1 aliphatic carbocycles. The highest BCUT2D eigenvalue weighted by Gasteiger charge is 2.37. The number of nitrogens with zero attached hydrogens (tertiary/aromatic N) is 2. The van der Waals surface area contributed by atoms with Crippen molar-refractivity contribution >= 4 is 23.2 Å². The number of nitrogens with one attached hydrogen (secondary N) is 1. The topological polar surface area (TPSA) is 87.9 Å². The molecular formula is C22H31F3N4O3. The lowest BCUT2D eigenvalue weighted by atomic mass is 10.1. The fraction of sp³-hybridized carbons (Fsp3) is 0.636. The van der Waals surface area contributed by atoms with Crippen LogP contribution in [0, 0.1) is 11.8 Å². The lowest BCUT2D eigenvalue weighted by Gasteiger charge is -2.32. The van der Waals surface area contributed by atoms with E-state index in [0.717, 1.165) is 18.9 Å². The molecule has 1 heterocycles. The number of morpholine rings is 1. The maximum absolute atomic E-state index is 13.8. The zero-order valence-corrected chi connectivity index (χ0v) is 18.5. The zero-order valence-electron chi connectivity index (χ0n) is 18.5. The molecule has 0 aromatic heterocycles. The van der Waals surface area contributed by atoms with Crippen LogP contribution in [0.4, 0.5) is 24.5 Å². The monoisotopic (exact) mass is 456 g/mol. The number of anilines is 2. The summed E-state index contributed by atoms with van der Waals surface area (Å²) >= 11 is 0. The molecule has 1 aromatic rings. The van der Waals surface area contributed by atoms with Gasteiger partial charge >= 0.3 is 6.18 Å². The van der Waals surface area contributed by atoms with Crippen molar-refractivity contribution in [1.29, 1.82) is 0 Å². The number of halogens is 3. The van der Waals surface area contributed by atoms with Gasteiger partial charge in [0.25, 0.3) is 5.91 Å². The van der Waals surface area contributed by atoms with Gasteiger partial charge in [-0.2, -0.15) is 13.2 Å². The van der Waals surface area contributed by atoms with E-state index in [2.05, 4.69) is 5.32 Å². The van der Waals surface area contributed by atoms with E-state index in [1.165, 1.54) is 17.0 Å². The number of ether oxygens (including phenoxy) is 1. The van der Waals surface area contributed by atoms with E-state index in [1.807, 2.05) is 18.7 Å². The number of hydrogen-bond donors (Lipinski definition) is 2. The standard InChI is InChI=1S/C22H31F3N4O3/c1-14(2)11-28(12-15-3-4-15)19(10-26)21(31)27-18-6-5-16(9-17(18)22(23,24)25)29-7-8-32-13-20(29)30/h5-6,9,14-15,19H,3-4,7-8,10-13,26H2,1-2H3,(H,27,31)/t19-/m0/s1. The third kappa shape index (κ3) is 6.20. The van der Waals surface area contributed by atoms with E-state index in [1.54, 1.807) is 0 Å². The Kier molecular flexibility index (Phi) is 7.79. The van der Waals surface area contributed by atoms with Crippen molar-refractivity contribution in [2.24, 2.45) is 17.6 Å². The predicted molar refractivity (Wildman–Crippen MR) is 115 cm³/mol. The molecule has 10 heteroatoms. The summed E-state index contributed by atoms with van der Waals surface area (Å²) in [6, 6.07) is 2.77. The van der Waals surface area contributed by atoms with E-state index in [-0.39, 0.29) is 43.6 Å². The van der Waals surface area contributed by atoms with Crippen molar-refractivity contribution < 1.29 is 27.5 Å². The molecule has 2 amide bonds. The lowest BCUT2D eigenvalue weighted by Crippen LogP contribution is -2.50. The second-order valence-electron chi connectivity index (χ2n) is 8.86. The molecule has 1 saturated heterocycles. The third-order valence-corrected chi connectivity index (χ3v) is 5.62. The minimum atomic E-state index is -4.71. The first-order valence-electron chi connectivity index (χ1n) is 10.9. The van der Waals surface area contributed by atoms with Crippen LogP contribution >= 0.6 is 0 Å². The Bertz CT molecular complexity index is 823. The van der Waals surface area contributed by atoms with Gasteiger partial charge in [-0.1, -0.05) is 13.8 Å². The van der Waals surface area contributed by atoms with Crippen molar-refractivity contribution in [3.63, 3.8) is 0 Å². The van der Waals surface area contributed by atoms with Crippen LogP contribution in [0.15, 0.2) is 18.2 Å². The molecule has 0 spiro atoms. The van der Waals surface area contributed by atoms with Gasteiger partial charge in [0.15, 0.2) is 0 Å². The maximum Gasteiger partial charge on any atom is 0.418 e. The van der Waals surface area contributed by atoms with Crippen molar-refractivity contribution in [3.05, 3.63) is 23.8 Å². The van der Waals surface area contributed by atoms with Crippen LogP contribution in [-0.4, -0.2) is 62.1 Å². The number of alkyl halides is 3. The fourth-order valence-electron chi connectivity index (χ4n) is 3.90. The summed E-state index contributed by atoms with van der Waals surface area (Å²) in [5, 5.41) is 2.45. The first-order valence-corrected chi connectivity index (χ1v) is 10.9. The molecule has 0 radical (unpaired) electrons. The Morgan fingerprint density at radius 1 is 1.34 bits per heavy atom. The second-order valence-corrected chi connectivity index (χ2v) is 8.86. The Balaban J connectivity index is 1.83. The molecule has 2 aliphatic rings. The maximum atomic E-state index is 13.8. The van der Waals surface area contributed by atoms with Crippen LogP contribution in [0.2, 0.25) is 0 Å². The average molecular weight is 457 g/mol. The third-order valence-electron chi connectivity index (χ3n) is 5.62. The summed E-state index contributed by atoms with van der Waals surface area (Å²) < 4.78 is 46.5. The largest absolute Gasteiger partial charge is 0.418 e. The SMILES string of the molecule is CC(C)CN(CC1CC1)[C@@H](CN)C(=O)Nc1ccc(N2CCOCC2=O)cc1C(F)(F)F. The summed E-state index contributed by atoms with van der Waals surface area (Å²) in [4.78, 5) is 28.3. The molecule has 3 rings (SSSR count).